The fourth-order valence-electron chi connectivity index (χ4n) is 2.21. The predicted molar refractivity (Wildman–Crippen MR) is 84.1 cm³/mol. The van der Waals surface area contributed by atoms with Gasteiger partial charge < -0.3 is 10.2 Å². The third kappa shape index (κ3) is 4.18. The molecule has 0 unspecified atom stereocenters. The molecular weight excluding hydrogens is 254 g/mol. The van der Waals surface area contributed by atoms with E-state index in [-0.39, 0.29) is 0 Å². The normalized spacial score (nSPS) is 15.2. The fourth-order valence-corrected chi connectivity index (χ4v) is 3.37. The van der Waals surface area contributed by atoms with Crippen LogP contribution in [0.5, 0.6) is 0 Å². The van der Waals surface area contributed by atoms with Crippen molar-refractivity contribution >= 4 is 16.5 Å². The number of aromatic nitrogens is 1. The molecule has 1 aliphatic carbocycles. The molecule has 108 valence electrons. The minimum Gasteiger partial charge on any atom is -0.349 e. The van der Waals surface area contributed by atoms with Crippen LogP contribution in [0.15, 0.2) is 0 Å². The van der Waals surface area contributed by atoms with Crippen LogP contribution >= 0.6 is 11.3 Å². The average Bonchev–Trinajstić information content (AvgIpc) is 3.11. The van der Waals surface area contributed by atoms with Gasteiger partial charge in [-0.15, -0.1) is 11.3 Å². The van der Waals surface area contributed by atoms with Crippen LogP contribution in [0.1, 0.15) is 51.1 Å². The molecule has 0 radical (unpaired) electrons. The van der Waals surface area contributed by atoms with Crippen LogP contribution in [-0.2, 0) is 13.0 Å². The van der Waals surface area contributed by atoms with Crippen molar-refractivity contribution in [2.45, 2.75) is 59.5 Å². The van der Waals surface area contributed by atoms with E-state index in [0.29, 0.717) is 5.92 Å². The van der Waals surface area contributed by atoms with Crippen molar-refractivity contribution in [3.05, 3.63) is 10.6 Å². The fraction of sp³-hybridized carbons (Fsp3) is 0.800. The van der Waals surface area contributed by atoms with Crippen molar-refractivity contribution in [2.24, 2.45) is 5.92 Å². The maximum atomic E-state index is 4.90. The standard InChI is InChI=1S/C15H27N3S/c1-5-18(6-2)15-17-13(9-11(3)4)14(19-15)10-16-12-7-8-12/h11-12,16H,5-10H2,1-4H3. The summed E-state index contributed by atoms with van der Waals surface area (Å²) < 4.78 is 0. The molecule has 1 aliphatic rings. The summed E-state index contributed by atoms with van der Waals surface area (Å²) in [7, 11) is 0. The Morgan fingerprint density at radius 3 is 2.53 bits per heavy atom. The van der Waals surface area contributed by atoms with Gasteiger partial charge in [-0.25, -0.2) is 4.98 Å². The van der Waals surface area contributed by atoms with E-state index in [2.05, 4.69) is 37.9 Å². The van der Waals surface area contributed by atoms with Crippen LogP contribution in [0.25, 0.3) is 0 Å². The summed E-state index contributed by atoms with van der Waals surface area (Å²) in [5.74, 6) is 0.673. The molecule has 1 aromatic rings. The quantitative estimate of drug-likeness (QED) is 0.791. The minimum atomic E-state index is 0.673. The lowest BCUT2D eigenvalue weighted by molar-refractivity contribution is 0.623. The molecule has 0 spiro atoms. The van der Waals surface area contributed by atoms with Gasteiger partial charge in [-0.3, -0.25) is 0 Å². The molecule has 3 nitrogen and oxygen atoms in total. The zero-order chi connectivity index (χ0) is 13.8. The predicted octanol–water partition coefficient (Wildman–Crippen LogP) is 3.44. The molecule has 1 aromatic heterocycles. The Morgan fingerprint density at radius 1 is 1.32 bits per heavy atom. The third-order valence-corrected chi connectivity index (χ3v) is 4.69. The number of nitrogens with one attached hydrogen (secondary N) is 1. The number of hydrogen-bond acceptors (Lipinski definition) is 4. The molecule has 0 aromatic carbocycles. The number of thiazole rings is 1. The molecular formula is C15H27N3S. The Balaban J connectivity index is 2.11. The van der Waals surface area contributed by atoms with Crippen molar-refractivity contribution in [1.29, 1.82) is 0 Å². The molecule has 1 saturated carbocycles. The average molecular weight is 281 g/mol. The van der Waals surface area contributed by atoms with Gasteiger partial charge >= 0.3 is 0 Å². The lowest BCUT2D eigenvalue weighted by atomic mass is 10.1. The van der Waals surface area contributed by atoms with Gasteiger partial charge in [-0.2, -0.15) is 0 Å². The van der Waals surface area contributed by atoms with Crippen molar-refractivity contribution in [1.82, 2.24) is 10.3 Å². The van der Waals surface area contributed by atoms with Crippen molar-refractivity contribution in [3.8, 4) is 0 Å². The van der Waals surface area contributed by atoms with Crippen LogP contribution in [0.2, 0.25) is 0 Å². The van der Waals surface area contributed by atoms with E-state index in [4.69, 9.17) is 4.98 Å². The lowest BCUT2D eigenvalue weighted by Crippen LogP contribution is -2.21. The molecule has 1 N–H and O–H groups in total. The van der Waals surface area contributed by atoms with Crippen LogP contribution in [0, 0.1) is 5.92 Å². The van der Waals surface area contributed by atoms with E-state index in [0.717, 1.165) is 32.1 Å². The second-order valence-electron chi connectivity index (χ2n) is 5.79. The third-order valence-electron chi connectivity index (χ3n) is 3.53. The minimum absolute atomic E-state index is 0.673. The Kier molecular flexibility index (Phi) is 5.22. The monoisotopic (exact) mass is 281 g/mol. The Hall–Kier alpha value is -0.610. The van der Waals surface area contributed by atoms with Gasteiger partial charge in [0.25, 0.3) is 0 Å². The van der Waals surface area contributed by atoms with Crippen molar-refractivity contribution in [2.75, 3.05) is 18.0 Å². The molecule has 19 heavy (non-hydrogen) atoms. The summed E-state index contributed by atoms with van der Waals surface area (Å²) >= 11 is 1.88. The summed E-state index contributed by atoms with van der Waals surface area (Å²) in [6.45, 7) is 12.0. The van der Waals surface area contributed by atoms with Crippen molar-refractivity contribution in [3.63, 3.8) is 0 Å². The number of nitrogens with zero attached hydrogens (tertiary/aromatic N) is 2. The Morgan fingerprint density at radius 2 is 2.00 bits per heavy atom. The molecule has 0 amide bonds. The van der Waals surface area contributed by atoms with E-state index < -0.39 is 0 Å². The van der Waals surface area contributed by atoms with Gasteiger partial charge in [-0.1, -0.05) is 13.8 Å². The summed E-state index contributed by atoms with van der Waals surface area (Å²) in [5.41, 5.74) is 1.31. The number of rotatable bonds is 8. The number of hydrogen-bond donors (Lipinski definition) is 1. The van der Waals surface area contributed by atoms with Gasteiger partial charge in [-0.05, 0) is 39.0 Å². The first kappa shape index (κ1) is 14.8. The van der Waals surface area contributed by atoms with E-state index in [9.17, 15) is 0 Å². The van der Waals surface area contributed by atoms with Gasteiger partial charge in [0.2, 0.25) is 0 Å². The molecule has 2 rings (SSSR count). The topological polar surface area (TPSA) is 28.2 Å². The maximum absolute atomic E-state index is 4.90. The SMILES string of the molecule is CCN(CC)c1nc(CC(C)C)c(CNC2CC2)s1. The zero-order valence-corrected chi connectivity index (χ0v) is 13.5. The smallest absolute Gasteiger partial charge is 0.185 e. The molecule has 0 saturated heterocycles. The summed E-state index contributed by atoms with van der Waals surface area (Å²) in [6, 6.07) is 0.769. The summed E-state index contributed by atoms with van der Waals surface area (Å²) in [4.78, 5) is 8.70. The van der Waals surface area contributed by atoms with Crippen LogP contribution in [0.4, 0.5) is 5.13 Å². The second-order valence-corrected chi connectivity index (χ2v) is 6.85. The molecule has 4 heteroatoms. The summed E-state index contributed by atoms with van der Waals surface area (Å²) in [6.07, 6.45) is 3.79. The molecule has 0 aliphatic heterocycles. The highest BCUT2D eigenvalue weighted by Gasteiger charge is 2.22. The Labute approximate surface area is 121 Å². The first-order chi connectivity index (χ1) is 9.13. The Bertz CT molecular complexity index is 392. The molecule has 0 bridgehead atoms. The number of anilines is 1. The van der Waals surface area contributed by atoms with Gasteiger partial charge in [0, 0.05) is 30.6 Å². The second kappa shape index (κ2) is 6.71. The van der Waals surface area contributed by atoms with E-state index in [1.165, 1.54) is 28.5 Å². The van der Waals surface area contributed by atoms with Crippen LogP contribution in [-0.4, -0.2) is 24.1 Å². The van der Waals surface area contributed by atoms with E-state index >= 15 is 0 Å². The zero-order valence-electron chi connectivity index (χ0n) is 12.7. The van der Waals surface area contributed by atoms with Gasteiger partial charge in [0.05, 0.1) is 5.69 Å². The highest BCUT2D eigenvalue weighted by Crippen LogP contribution is 2.29. The molecule has 1 heterocycles. The van der Waals surface area contributed by atoms with Gasteiger partial charge in [0.15, 0.2) is 5.13 Å². The highest BCUT2D eigenvalue weighted by atomic mass is 32.1. The highest BCUT2D eigenvalue weighted by molar-refractivity contribution is 7.15. The van der Waals surface area contributed by atoms with Crippen molar-refractivity contribution < 1.29 is 0 Å². The van der Waals surface area contributed by atoms with Gasteiger partial charge in [0.1, 0.15) is 0 Å². The molecule has 1 fully saturated rings. The first-order valence-corrected chi connectivity index (χ1v) is 8.42. The molecule has 0 atom stereocenters. The largest absolute Gasteiger partial charge is 0.349 e. The first-order valence-electron chi connectivity index (χ1n) is 7.60. The van der Waals surface area contributed by atoms with E-state index in [1.807, 2.05) is 11.3 Å². The lowest BCUT2D eigenvalue weighted by Gasteiger charge is -2.16. The van der Waals surface area contributed by atoms with E-state index in [1.54, 1.807) is 0 Å². The van der Waals surface area contributed by atoms with Crippen LogP contribution < -0.4 is 10.2 Å². The van der Waals surface area contributed by atoms with Crippen LogP contribution in [0.3, 0.4) is 0 Å². The maximum Gasteiger partial charge on any atom is 0.185 e. The summed E-state index contributed by atoms with van der Waals surface area (Å²) in [5, 5.41) is 4.83.